The summed E-state index contributed by atoms with van der Waals surface area (Å²) in [4.78, 5) is 42.2. The van der Waals surface area contributed by atoms with E-state index in [1.807, 2.05) is 85.7 Å². The van der Waals surface area contributed by atoms with Crippen LogP contribution in [0, 0.1) is 11.3 Å². The van der Waals surface area contributed by atoms with Crippen molar-refractivity contribution in [1.82, 2.24) is 20.3 Å². The summed E-state index contributed by atoms with van der Waals surface area (Å²) in [5, 5.41) is 5.47. The summed E-state index contributed by atoms with van der Waals surface area (Å²) < 4.78 is 27.6. The average molecular weight is 621 g/mol. The van der Waals surface area contributed by atoms with Crippen molar-refractivity contribution in [2.24, 2.45) is 11.3 Å². The molecule has 244 valence electrons. The van der Waals surface area contributed by atoms with E-state index < -0.39 is 50.1 Å². The molecule has 0 aliphatic carbocycles. The third-order valence-electron chi connectivity index (χ3n) is 8.18. The lowest BCUT2D eigenvalue weighted by Crippen LogP contribution is -2.61. The van der Waals surface area contributed by atoms with E-state index in [0.717, 1.165) is 18.4 Å². The lowest BCUT2D eigenvalue weighted by Gasteiger charge is -2.40. The minimum absolute atomic E-state index is 0.102. The van der Waals surface area contributed by atoms with Gasteiger partial charge in [-0.1, -0.05) is 105 Å². The Balaban J connectivity index is 3.28. The zero-order chi connectivity index (χ0) is 33.3. The van der Waals surface area contributed by atoms with Gasteiger partial charge in [-0.25, -0.2) is 13.1 Å². The molecule has 0 heterocycles. The molecule has 4 atom stereocenters. The average Bonchev–Trinajstić information content (AvgIpc) is 2.91. The first kappa shape index (κ1) is 38.3. The van der Waals surface area contributed by atoms with Crippen LogP contribution >= 0.6 is 0 Å². The van der Waals surface area contributed by atoms with Gasteiger partial charge in [-0.3, -0.25) is 14.4 Å². The number of carbonyl (C=O) groups is 3. The molecule has 3 N–H and O–H groups in total. The summed E-state index contributed by atoms with van der Waals surface area (Å²) in [7, 11) is -0.458. The highest BCUT2D eigenvalue weighted by molar-refractivity contribution is 7.90. The van der Waals surface area contributed by atoms with Crippen LogP contribution in [0.5, 0.6) is 0 Å². The maximum Gasteiger partial charge on any atom is 0.260 e. The summed E-state index contributed by atoms with van der Waals surface area (Å²) in [5.41, 5.74) is -0.0163. The van der Waals surface area contributed by atoms with Crippen molar-refractivity contribution in [3.8, 4) is 0 Å². The Labute approximate surface area is 260 Å². The van der Waals surface area contributed by atoms with Gasteiger partial charge in [0.05, 0.1) is 17.3 Å². The number of carbonyl (C=O) groups excluding carboxylic acids is 3. The fourth-order valence-electron chi connectivity index (χ4n) is 5.12. The number of sulfonamides is 1. The molecule has 0 bridgehead atoms. The van der Waals surface area contributed by atoms with Gasteiger partial charge in [-0.05, 0) is 44.2 Å². The van der Waals surface area contributed by atoms with Crippen LogP contribution in [0.15, 0.2) is 42.0 Å². The molecule has 0 saturated carbocycles. The second kappa shape index (κ2) is 15.8. The molecule has 0 aliphatic heterocycles. The molecule has 0 fully saturated rings. The van der Waals surface area contributed by atoms with Gasteiger partial charge in [0.2, 0.25) is 21.8 Å². The van der Waals surface area contributed by atoms with Gasteiger partial charge >= 0.3 is 0 Å². The van der Waals surface area contributed by atoms with Crippen LogP contribution < -0.4 is 15.4 Å². The standard InChI is InChI=1S/C33H56N4O5S/c1-13-14-18-24(5)43(41,42)36-29(38)23(4)21-26(22(2)3)37(12)31(40)28(32(6,7)8)35-30(39)27(34-11)33(9,10)25-19-16-15-17-20-25/h15-17,19-22,24,26-28,34H,13-14,18H2,1-12H3,(H,35,39)(H,36,38)/b23-21+. The Hall–Kier alpha value is -2.72. The topological polar surface area (TPSA) is 125 Å². The number of amides is 3. The molecule has 0 aromatic heterocycles. The fraction of sp³-hybridized carbons (Fsp3) is 0.667. The van der Waals surface area contributed by atoms with Crippen molar-refractivity contribution in [1.29, 1.82) is 0 Å². The summed E-state index contributed by atoms with van der Waals surface area (Å²) in [6.45, 7) is 18.6. The van der Waals surface area contributed by atoms with E-state index in [4.69, 9.17) is 0 Å². The molecule has 10 heteroatoms. The first-order chi connectivity index (χ1) is 19.7. The number of unbranched alkanes of at least 4 members (excludes halogenated alkanes) is 1. The zero-order valence-corrected chi connectivity index (χ0v) is 29.2. The Bertz CT molecular complexity index is 1220. The van der Waals surface area contributed by atoms with Gasteiger partial charge in [0.25, 0.3) is 5.91 Å². The minimum Gasteiger partial charge on any atom is -0.342 e. The van der Waals surface area contributed by atoms with E-state index in [2.05, 4.69) is 15.4 Å². The Morgan fingerprint density at radius 1 is 0.977 bits per heavy atom. The number of nitrogens with one attached hydrogen (secondary N) is 3. The van der Waals surface area contributed by atoms with E-state index in [0.29, 0.717) is 6.42 Å². The van der Waals surface area contributed by atoms with Crippen molar-refractivity contribution in [2.45, 2.75) is 117 Å². The van der Waals surface area contributed by atoms with Crippen LogP contribution in [0.2, 0.25) is 0 Å². The summed E-state index contributed by atoms with van der Waals surface area (Å²) in [5.74, 6) is -1.42. The van der Waals surface area contributed by atoms with Crippen molar-refractivity contribution in [3.63, 3.8) is 0 Å². The zero-order valence-electron chi connectivity index (χ0n) is 28.4. The lowest BCUT2D eigenvalue weighted by atomic mass is 9.76. The van der Waals surface area contributed by atoms with Crippen LogP contribution in [-0.2, 0) is 29.8 Å². The predicted molar refractivity (Wildman–Crippen MR) is 175 cm³/mol. The first-order valence-electron chi connectivity index (χ1n) is 15.3. The summed E-state index contributed by atoms with van der Waals surface area (Å²) in [6, 6.07) is 7.74. The normalized spacial score (nSPS) is 15.8. The Morgan fingerprint density at radius 2 is 1.53 bits per heavy atom. The largest absolute Gasteiger partial charge is 0.342 e. The van der Waals surface area contributed by atoms with E-state index >= 15 is 0 Å². The number of nitrogens with zero attached hydrogens (tertiary/aromatic N) is 1. The fourth-order valence-corrected chi connectivity index (χ4v) is 6.22. The van der Waals surface area contributed by atoms with Crippen LogP contribution in [0.1, 0.15) is 94.1 Å². The SMILES string of the molecule is CCCCC(C)S(=O)(=O)NC(=O)/C(C)=C/C(C(C)C)N(C)C(=O)C(NC(=O)C(NC)C(C)(C)c1ccccc1)C(C)(C)C. The number of benzene rings is 1. The highest BCUT2D eigenvalue weighted by Gasteiger charge is 2.41. The molecule has 4 unspecified atom stereocenters. The third-order valence-corrected chi connectivity index (χ3v) is 9.94. The molecular weight excluding hydrogens is 564 g/mol. The molecular formula is C33H56N4O5S. The number of hydrogen-bond acceptors (Lipinski definition) is 6. The number of hydrogen-bond donors (Lipinski definition) is 3. The maximum absolute atomic E-state index is 14.0. The predicted octanol–water partition coefficient (Wildman–Crippen LogP) is 4.54. The molecule has 1 aromatic rings. The monoisotopic (exact) mass is 620 g/mol. The van der Waals surface area contributed by atoms with Crippen LogP contribution in [0.25, 0.3) is 0 Å². The molecule has 43 heavy (non-hydrogen) atoms. The van der Waals surface area contributed by atoms with Crippen molar-refractivity contribution in [2.75, 3.05) is 14.1 Å². The van der Waals surface area contributed by atoms with E-state index in [1.165, 1.54) is 4.90 Å². The van der Waals surface area contributed by atoms with Gasteiger partial charge in [0.15, 0.2) is 0 Å². The van der Waals surface area contributed by atoms with Gasteiger partial charge in [0.1, 0.15) is 6.04 Å². The second-order valence-electron chi connectivity index (χ2n) is 13.6. The summed E-state index contributed by atoms with van der Waals surface area (Å²) >= 11 is 0. The van der Waals surface area contributed by atoms with Crippen molar-refractivity contribution in [3.05, 3.63) is 47.5 Å². The van der Waals surface area contributed by atoms with E-state index in [-0.39, 0.29) is 23.3 Å². The number of likely N-dealkylation sites (N-methyl/N-ethyl adjacent to an activating group) is 2. The van der Waals surface area contributed by atoms with E-state index in [9.17, 15) is 22.8 Å². The molecule has 1 aromatic carbocycles. The van der Waals surface area contributed by atoms with Crippen molar-refractivity contribution < 1.29 is 22.8 Å². The van der Waals surface area contributed by atoms with E-state index in [1.54, 1.807) is 34.0 Å². The second-order valence-corrected chi connectivity index (χ2v) is 15.7. The molecule has 0 spiro atoms. The minimum atomic E-state index is -3.83. The molecule has 9 nitrogen and oxygen atoms in total. The maximum atomic E-state index is 14.0. The molecule has 1 rings (SSSR count). The number of rotatable bonds is 15. The van der Waals surface area contributed by atoms with Gasteiger partial charge in [-0.2, -0.15) is 0 Å². The lowest BCUT2D eigenvalue weighted by molar-refractivity contribution is -0.140. The Kier molecular flexibility index (Phi) is 14.1. The highest BCUT2D eigenvalue weighted by Crippen LogP contribution is 2.29. The quantitative estimate of drug-likeness (QED) is 0.248. The van der Waals surface area contributed by atoms with Crippen molar-refractivity contribution >= 4 is 27.7 Å². The van der Waals surface area contributed by atoms with Gasteiger partial charge in [0, 0.05) is 18.0 Å². The first-order valence-corrected chi connectivity index (χ1v) is 16.8. The smallest absolute Gasteiger partial charge is 0.260 e. The molecule has 0 radical (unpaired) electrons. The third kappa shape index (κ3) is 10.4. The molecule has 0 aliphatic rings. The Morgan fingerprint density at radius 3 is 2.00 bits per heavy atom. The van der Waals surface area contributed by atoms with Gasteiger partial charge in [-0.15, -0.1) is 0 Å². The van der Waals surface area contributed by atoms with Crippen LogP contribution in [0.4, 0.5) is 0 Å². The highest BCUT2D eigenvalue weighted by atomic mass is 32.2. The van der Waals surface area contributed by atoms with Crippen LogP contribution in [-0.4, -0.2) is 68.5 Å². The van der Waals surface area contributed by atoms with Gasteiger partial charge < -0.3 is 15.5 Å². The summed E-state index contributed by atoms with van der Waals surface area (Å²) in [6.07, 6.45) is 3.70. The van der Waals surface area contributed by atoms with Crippen LogP contribution in [0.3, 0.4) is 0 Å². The molecule has 0 saturated heterocycles. The molecule has 3 amide bonds.